The maximum Gasteiger partial charge on any atom is 0.254 e. The van der Waals surface area contributed by atoms with Crippen LogP contribution in [0, 0.1) is 5.92 Å². The number of hydrogen-bond acceptors (Lipinski definition) is 7. The zero-order valence-corrected chi connectivity index (χ0v) is 17.6. The lowest BCUT2D eigenvalue weighted by Crippen LogP contribution is -2.40. The Balaban J connectivity index is 1.77. The smallest absolute Gasteiger partial charge is 0.254 e. The fourth-order valence-electron chi connectivity index (χ4n) is 2.85. The van der Waals surface area contributed by atoms with Crippen LogP contribution < -0.4 is 15.4 Å². The number of ether oxygens (including phenoxy) is 2. The van der Waals surface area contributed by atoms with Gasteiger partial charge in [0.1, 0.15) is 10.8 Å². The largest absolute Gasteiger partial charge is 0.495 e. The van der Waals surface area contributed by atoms with Crippen molar-refractivity contribution in [1.82, 2.24) is 14.9 Å². The minimum absolute atomic E-state index is 0.0407. The van der Waals surface area contributed by atoms with Gasteiger partial charge in [0.15, 0.2) is 5.82 Å². The number of nitrogens with one attached hydrogen (secondary N) is 2. The van der Waals surface area contributed by atoms with E-state index in [9.17, 15) is 4.79 Å². The fraction of sp³-hybridized carbons (Fsp3) is 0.450. The molecule has 0 aliphatic carbocycles. The first-order valence-electron chi connectivity index (χ1n) is 9.56. The van der Waals surface area contributed by atoms with Gasteiger partial charge in [0.2, 0.25) is 5.95 Å². The highest BCUT2D eigenvalue weighted by atomic mass is 35.5. The molecule has 29 heavy (non-hydrogen) atoms. The second-order valence-electron chi connectivity index (χ2n) is 7.11. The van der Waals surface area contributed by atoms with Gasteiger partial charge in [0.05, 0.1) is 32.2 Å². The number of anilines is 3. The lowest BCUT2D eigenvalue weighted by Gasteiger charge is -2.27. The zero-order chi connectivity index (χ0) is 20.8. The average Bonchev–Trinajstić information content (AvgIpc) is 2.74. The summed E-state index contributed by atoms with van der Waals surface area (Å²) in [5.74, 6) is 1.89. The molecule has 1 amide bonds. The molecule has 0 bridgehead atoms. The number of methoxy groups -OCH3 is 1. The molecule has 0 atom stereocenters. The van der Waals surface area contributed by atoms with Crippen molar-refractivity contribution in [1.29, 1.82) is 0 Å². The molecule has 9 heteroatoms. The summed E-state index contributed by atoms with van der Waals surface area (Å²) < 4.78 is 10.8. The molecule has 1 aromatic heterocycles. The van der Waals surface area contributed by atoms with Crippen LogP contribution in [0.3, 0.4) is 0 Å². The number of carbonyl (C=O) groups is 1. The van der Waals surface area contributed by atoms with Gasteiger partial charge in [-0.3, -0.25) is 4.79 Å². The molecule has 1 aliphatic rings. The van der Waals surface area contributed by atoms with E-state index in [1.165, 1.54) is 0 Å². The van der Waals surface area contributed by atoms with Gasteiger partial charge in [-0.15, -0.1) is 0 Å². The first-order chi connectivity index (χ1) is 14.0. The van der Waals surface area contributed by atoms with Crippen molar-refractivity contribution in [2.75, 3.05) is 50.6 Å². The molecule has 1 saturated heterocycles. The molecule has 2 N–H and O–H groups in total. The molecule has 0 unspecified atom stereocenters. The number of morpholine rings is 1. The van der Waals surface area contributed by atoms with Crippen molar-refractivity contribution in [3.8, 4) is 5.75 Å². The number of rotatable bonds is 7. The number of carbonyl (C=O) groups excluding carboxylic acids is 1. The van der Waals surface area contributed by atoms with Crippen LogP contribution in [-0.4, -0.2) is 60.7 Å². The number of nitrogens with zero attached hydrogens (tertiary/aromatic N) is 3. The number of hydrogen-bond donors (Lipinski definition) is 2. The van der Waals surface area contributed by atoms with E-state index in [2.05, 4.69) is 34.4 Å². The normalized spacial score (nSPS) is 14.0. The summed E-state index contributed by atoms with van der Waals surface area (Å²) in [6.07, 6.45) is 1.54. The summed E-state index contributed by atoms with van der Waals surface area (Å²) in [5, 5.41) is 6.80. The third kappa shape index (κ3) is 5.48. The second kappa shape index (κ2) is 9.76. The summed E-state index contributed by atoms with van der Waals surface area (Å²) in [5.41, 5.74) is 1.22. The minimum Gasteiger partial charge on any atom is -0.495 e. The monoisotopic (exact) mass is 419 g/mol. The Kier molecular flexibility index (Phi) is 7.11. The summed E-state index contributed by atoms with van der Waals surface area (Å²) in [6, 6.07) is 5.26. The predicted octanol–water partition coefficient (Wildman–Crippen LogP) is 3.42. The Morgan fingerprint density at radius 2 is 2.10 bits per heavy atom. The zero-order valence-electron chi connectivity index (χ0n) is 16.9. The van der Waals surface area contributed by atoms with Crippen LogP contribution in [0.25, 0.3) is 0 Å². The van der Waals surface area contributed by atoms with Crippen molar-refractivity contribution in [2.24, 2.45) is 5.92 Å². The highest BCUT2D eigenvalue weighted by Gasteiger charge is 2.20. The van der Waals surface area contributed by atoms with E-state index in [-0.39, 0.29) is 5.91 Å². The first-order valence-corrected chi connectivity index (χ1v) is 9.94. The molecule has 2 heterocycles. The van der Waals surface area contributed by atoms with E-state index >= 15 is 0 Å². The molecule has 1 aromatic carbocycles. The van der Waals surface area contributed by atoms with Crippen LogP contribution in [-0.2, 0) is 4.74 Å². The molecule has 1 fully saturated rings. The Morgan fingerprint density at radius 3 is 2.79 bits per heavy atom. The fourth-order valence-corrected chi connectivity index (χ4v) is 3.01. The van der Waals surface area contributed by atoms with E-state index in [4.69, 9.17) is 21.1 Å². The van der Waals surface area contributed by atoms with Crippen LogP contribution in [0.15, 0.2) is 24.4 Å². The molecule has 156 valence electrons. The maximum absolute atomic E-state index is 12.7. The topological polar surface area (TPSA) is 88.6 Å². The van der Waals surface area contributed by atoms with Crippen molar-refractivity contribution >= 4 is 35.0 Å². The van der Waals surface area contributed by atoms with Gasteiger partial charge in [-0.25, -0.2) is 4.98 Å². The summed E-state index contributed by atoms with van der Waals surface area (Å²) in [4.78, 5) is 23.1. The van der Waals surface area contributed by atoms with E-state index in [1.54, 1.807) is 36.4 Å². The number of amides is 1. The van der Waals surface area contributed by atoms with E-state index in [1.807, 2.05) is 0 Å². The number of halogens is 1. The van der Waals surface area contributed by atoms with Gasteiger partial charge in [-0.1, -0.05) is 25.4 Å². The SMILES string of the molecule is COc1cc(C(=O)N2CCOCC2)ccc1Nc1ncc(Cl)c(NCC(C)C)n1. The van der Waals surface area contributed by atoms with Crippen molar-refractivity contribution in [3.63, 3.8) is 0 Å². The summed E-state index contributed by atoms with van der Waals surface area (Å²) in [7, 11) is 1.56. The van der Waals surface area contributed by atoms with E-state index < -0.39 is 0 Å². The summed E-state index contributed by atoms with van der Waals surface area (Å²) in [6.45, 7) is 7.25. The van der Waals surface area contributed by atoms with Crippen molar-refractivity contribution < 1.29 is 14.3 Å². The first kappa shape index (κ1) is 21.1. The Morgan fingerprint density at radius 1 is 1.34 bits per heavy atom. The van der Waals surface area contributed by atoms with Crippen LogP contribution in [0.2, 0.25) is 5.02 Å². The highest BCUT2D eigenvalue weighted by molar-refractivity contribution is 6.32. The van der Waals surface area contributed by atoms with Gasteiger partial charge in [0.25, 0.3) is 5.91 Å². The molecule has 8 nitrogen and oxygen atoms in total. The molecular formula is C20H26ClN5O3. The Hall–Kier alpha value is -2.58. The maximum atomic E-state index is 12.7. The van der Waals surface area contributed by atoms with Crippen LogP contribution in [0.5, 0.6) is 5.75 Å². The van der Waals surface area contributed by atoms with Gasteiger partial charge in [-0.2, -0.15) is 4.98 Å². The lowest BCUT2D eigenvalue weighted by atomic mass is 10.1. The summed E-state index contributed by atoms with van der Waals surface area (Å²) >= 11 is 6.18. The Bertz CT molecular complexity index is 856. The molecular weight excluding hydrogens is 394 g/mol. The van der Waals surface area contributed by atoms with E-state index in [0.29, 0.717) is 66.0 Å². The molecule has 3 rings (SSSR count). The molecule has 1 aliphatic heterocycles. The quantitative estimate of drug-likeness (QED) is 0.710. The third-order valence-electron chi connectivity index (χ3n) is 4.42. The van der Waals surface area contributed by atoms with Crippen LogP contribution in [0.1, 0.15) is 24.2 Å². The van der Waals surface area contributed by atoms with Gasteiger partial charge < -0.3 is 25.0 Å². The molecule has 0 saturated carbocycles. The van der Waals surface area contributed by atoms with Crippen LogP contribution in [0.4, 0.5) is 17.5 Å². The standard InChI is InChI=1S/C20H26ClN5O3/c1-13(2)11-22-18-15(21)12-23-20(25-18)24-16-5-4-14(10-17(16)28-3)19(27)26-6-8-29-9-7-26/h4-5,10,12-13H,6-9,11H2,1-3H3,(H2,22,23,24,25). The molecule has 0 spiro atoms. The second-order valence-corrected chi connectivity index (χ2v) is 7.52. The predicted molar refractivity (Wildman–Crippen MR) is 113 cm³/mol. The number of aromatic nitrogens is 2. The van der Waals surface area contributed by atoms with Crippen LogP contribution >= 0.6 is 11.6 Å². The highest BCUT2D eigenvalue weighted by Crippen LogP contribution is 2.29. The van der Waals surface area contributed by atoms with Crippen molar-refractivity contribution in [2.45, 2.75) is 13.8 Å². The van der Waals surface area contributed by atoms with Gasteiger partial charge in [0, 0.05) is 25.2 Å². The third-order valence-corrected chi connectivity index (χ3v) is 4.69. The van der Waals surface area contributed by atoms with Crippen molar-refractivity contribution in [3.05, 3.63) is 35.0 Å². The van der Waals surface area contributed by atoms with Gasteiger partial charge in [-0.05, 0) is 24.1 Å². The van der Waals surface area contributed by atoms with Gasteiger partial charge >= 0.3 is 0 Å². The van der Waals surface area contributed by atoms with E-state index in [0.717, 1.165) is 6.54 Å². The lowest BCUT2D eigenvalue weighted by molar-refractivity contribution is 0.0302. The minimum atomic E-state index is -0.0407. The molecule has 2 aromatic rings. The molecule has 0 radical (unpaired) electrons. The Labute approximate surface area is 175 Å². The number of benzene rings is 1. The average molecular weight is 420 g/mol.